The fraction of sp³-hybridized carbons (Fsp3) is 0.909. The molecule has 0 aliphatic carbocycles. The number of rotatable bonds is 6. The average molecular weight is 246 g/mol. The highest BCUT2D eigenvalue weighted by atomic mass is 32.2. The van der Waals surface area contributed by atoms with Gasteiger partial charge < -0.3 is 10.6 Å². The minimum atomic E-state index is -0.780. The zero-order valence-electron chi connectivity index (χ0n) is 9.96. The van der Waals surface area contributed by atoms with Crippen molar-refractivity contribution in [3.63, 3.8) is 0 Å². The van der Waals surface area contributed by atoms with Crippen LogP contribution in [0.1, 0.15) is 32.6 Å². The second-order valence-electron chi connectivity index (χ2n) is 4.13. The topological polar surface area (TPSA) is 58.2 Å². The van der Waals surface area contributed by atoms with Crippen LogP contribution in [0.3, 0.4) is 0 Å². The molecule has 1 rings (SSSR count). The molecule has 16 heavy (non-hydrogen) atoms. The lowest BCUT2D eigenvalue weighted by Gasteiger charge is -2.22. The van der Waals surface area contributed by atoms with Crippen LogP contribution in [0.25, 0.3) is 0 Å². The van der Waals surface area contributed by atoms with E-state index in [9.17, 15) is 9.00 Å². The minimum Gasteiger partial charge on any atom is -0.355 e. The molecule has 0 aromatic rings. The average Bonchev–Trinajstić information content (AvgIpc) is 2.30. The molecule has 94 valence electrons. The zero-order chi connectivity index (χ0) is 11.8. The number of amides is 1. The van der Waals surface area contributed by atoms with Crippen LogP contribution in [0.2, 0.25) is 0 Å². The van der Waals surface area contributed by atoms with E-state index in [1.807, 2.05) is 6.92 Å². The van der Waals surface area contributed by atoms with Crippen LogP contribution in [0.15, 0.2) is 0 Å². The second kappa shape index (κ2) is 7.79. The van der Waals surface area contributed by atoms with Crippen molar-refractivity contribution in [1.29, 1.82) is 0 Å². The lowest BCUT2D eigenvalue weighted by atomic mass is 10.0. The van der Waals surface area contributed by atoms with Gasteiger partial charge in [0.25, 0.3) is 0 Å². The Morgan fingerprint density at radius 1 is 1.50 bits per heavy atom. The van der Waals surface area contributed by atoms with Gasteiger partial charge in [0.1, 0.15) is 0 Å². The molecule has 1 amide bonds. The van der Waals surface area contributed by atoms with Gasteiger partial charge in [0.05, 0.1) is 0 Å². The van der Waals surface area contributed by atoms with Crippen LogP contribution in [0, 0.1) is 0 Å². The van der Waals surface area contributed by atoms with Crippen molar-refractivity contribution in [3.05, 3.63) is 0 Å². The minimum absolute atomic E-state index is 0.0764. The van der Waals surface area contributed by atoms with Crippen LogP contribution in [0.5, 0.6) is 0 Å². The highest BCUT2D eigenvalue weighted by Gasteiger charge is 2.15. The molecular weight excluding hydrogens is 224 g/mol. The Kier molecular flexibility index (Phi) is 6.64. The molecule has 0 bridgehead atoms. The Balaban J connectivity index is 2.08. The summed E-state index contributed by atoms with van der Waals surface area (Å²) < 4.78 is 11.1. The Hall–Kier alpha value is -0.420. The number of hydrogen-bond donors (Lipinski definition) is 2. The molecule has 1 fully saturated rings. The summed E-state index contributed by atoms with van der Waals surface area (Å²) >= 11 is 0. The molecule has 0 radical (unpaired) electrons. The van der Waals surface area contributed by atoms with Gasteiger partial charge in [-0.25, -0.2) is 0 Å². The van der Waals surface area contributed by atoms with Gasteiger partial charge in [0.2, 0.25) is 5.91 Å². The van der Waals surface area contributed by atoms with E-state index in [1.54, 1.807) is 0 Å². The molecule has 2 N–H and O–H groups in total. The molecule has 0 saturated carbocycles. The summed E-state index contributed by atoms with van der Waals surface area (Å²) in [6.45, 7) is 3.45. The summed E-state index contributed by atoms with van der Waals surface area (Å²) in [5.41, 5.74) is 0. The van der Waals surface area contributed by atoms with Gasteiger partial charge in [0, 0.05) is 41.3 Å². The van der Waals surface area contributed by atoms with E-state index in [4.69, 9.17) is 0 Å². The first kappa shape index (κ1) is 13.6. The van der Waals surface area contributed by atoms with Gasteiger partial charge in [-0.3, -0.25) is 9.00 Å². The molecule has 2 atom stereocenters. The van der Waals surface area contributed by atoms with Crippen molar-refractivity contribution < 1.29 is 9.00 Å². The first-order valence-corrected chi connectivity index (χ1v) is 7.56. The Labute approximate surface area is 100 Å². The van der Waals surface area contributed by atoms with Crippen LogP contribution >= 0.6 is 0 Å². The quantitative estimate of drug-likeness (QED) is 0.713. The van der Waals surface area contributed by atoms with Gasteiger partial charge >= 0.3 is 0 Å². The zero-order valence-corrected chi connectivity index (χ0v) is 10.8. The highest BCUT2D eigenvalue weighted by Crippen LogP contribution is 2.09. The van der Waals surface area contributed by atoms with Crippen LogP contribution in [-0.4, -0.2) is 40.8 Å². The van der Waals surface area contributed by atoms with E-state index < -0.39 is 10.8 Å². The standard InChI is InChI=1S/C11H22N2O2S/c1-2-16(15)8-7-13-11(14)9-10-5-3-4-6-12-10/h10,12H,2-9H2,1H3,(H,13,14). The van der Waals surface area contributed by atoms with Crippen LogP contribution < -0.4 is 10.6 Å². The summed E-state index contributed by atoms with van der Waals surface area (Å²) in [4.78, 5) is 11.5. The summed E-state index contributed by atoms with van der Waals surface area (Å²) in [5, 5.41) is 6.16. The summed E-state index contributed by atoms with van der Waals surface area (Å²) in [5.74, 6) is 1.31. The molecule has 0 aromatic carbocycles. The fourth-order valence-electron chi connectivity index (χ4n) is 1.84. The number of carbonyl (C=O) groups excluding carboxylic acids is 1. The molecule has 0 spiro atoms. The number of nitrogens with one attached hydrogen (secondary N) is 2. The Morgan fingerprint density at radius 3 is 2.94 bits per heavy atom. The third-order valence-corrected chi connectivity index (χ3v) is 4.12. The number of hydrogen-bond acceptors (Lipinski definition) is 3. The molecule has 5 heteroatoms. The molecule has 1 aliphatic rings. The molecule has 4 nitrogen and oxygen atoms in total. The predicted molar refractivity (Wildman–Crippen MR) is 66.8 cm³/mol. The lowest BCUT2D eigenvalue weighted by Crippen LogP contribution is -2.39. The SMILES string of the molecule is CCS(=O)CCNC(=O)CC1CCCCN1. The van der Waals surface area contributed by atoms with Crippen molar-refractivity contribution >= 4 is 16.7 Å². The lowest BCUT2D eigenvalue weighted by molar-refractivity contribution is -0.121. The van der Waals surface area contributed by atoms with Crippen LogP contribution in [-0.2, 0) is 15.6 Å². The maximum atomic E-state index is 11.5. The smallest absolute Gasteiger partial charge is 0.221 e. The first-order valence-electron chi connectivity index (χ1n) is 6.07. The second-order valence-corrected chi connectivity index (χ2v) is 6.00. The predicted octanol–water partition coefficient (Wildman–Crippen LogP) is 0.403. The first-order chi connectivity index (χ1) is 7.72. The third kappa shape index (κ3) is 5.61. The molecule has 2 unspecified atom stereocenters. The van der Waals surface area contributed by atoms with Crippen molar-refractivity contribution in [2.45, 2.75) is 38.6 Å². The molecule has 1 heterocycles. The van der Waals surface area contributed by atoms with E-state index in [0.29, 0.717) is 30.5 Å². The summed E-state index contributed by atoms with van der Waals surface area (Å²) in [6.07, 6.45) is 4.07. The molecular formula is C11H22N2O2S. The largest absolute Gasteiger partial charge is 0.355 e. The maximum Gasteiger partial charge on any atom is 0.221 e. The summed E-state index contributed by atoms with van der Waals surface area (Å²) in [7, 11) is -0.780. The van der Waals surface area contributed by atoms with Gasteiger partial charge in [-0.15, -0.1) is 0 Å². The normalized spacial score (nSPS) is 22.7. The van der Waals surface area contributed by atoms with Gasteiger partial charge in [-0.05, 0) is 19.4 Å². The van der Waals surface area contributed by atoms with Gasteiger partial charge in [0.15, 0.2) is 0 Å². The Morgan fingerprint density at radius 2 is 2.31 bits per heavy atom. The van der Waals surface area contributed by atoms with E-state index in [-0.39, 0.29) is 5.91 Å². The van der Waals surface area contributed by atoms with E-state index >= 15 is 0 Å². The highest BCUT2D eigenvalue weighted by molar-refractivity contribution is 7.84. The van der Waals surface area contributed by atoms with Gasteiger partial charge in [-0.2, -0.15) is 0 Å². The van der Waals surface area contributed by atoms with E-state index in [2.05, 4.69) is 10.6 Å². The number of carbonyl (C=O) groups is 1. The Bertz CT molecular complexity index is 240. The molecule has 1 saturated heterocycles. The van der Waals surface area contributed by atoms with Crippen molar-refractivity contribution in [2.24, 2.45) is 0 Å². The monoisotopic (exact) mass is 246 g/mol. The van der Waals surface area contributed by atoms with Crippen molar-refractivity contribution in [3.8, 4) is 0 Å². The van der Waals surface area contributed by atoms with Gasteiger partial charge in [-0.1, -0.05) is 13.3 Å². The molecule has 1 aliphatic heterocycles. The van der Waals surface area contributed by atoms with Crippen molar-refractivity contribution in [1.82, 2.24) is 10.6 Å². The van der Waals surface area contributed by atoms with Crippen LogP contribution in [0.4, 0.5) is 0 Å². The number of piperidine rings is 1. The summed E-state index contributed by atoms with van der Waals surface area (Å²) in [6, 6.07) is 0.338. The molecule has 0 aromatic heterocycles. The van der Waals surface area contributed by atoms with E-state index in [0.717, 1.165) is 13.0 Å². The fourth-order valence-corrected chi connectivity index (χ4v) is 2.46. The maximum absolute atomic E-state index is 11.5. The van der Waals surface area contributed by atoms with Crippen molar-refractivity contribution in [2.75, 3.05) is 24.6 Å². The third-order valence-electron chi connectivity index (χ3n) is 2.82. The van der Waals surface area contributed by atoms with E-state index in [1.165, 1.54) is 12.8 Å².